The van der Waals surface area contributed by atoms with E-state index in [1.54, 1.807) is 0 Å². The van der Waals surface area contributed by atoms with Crippen molar-refractivity contribution in [2.24, 2.45) is 0 Å². The molecule has 1 aliphatic heterocycles. The number of thioether (sulfide) groups is 1. The van der Waals surface area contributed by atoms with Crippen LogP contribution in [0.15, 0.2) is 24.3 Å². The standard InChI is InChI=1S/C13H12F3NO3S/c14-13(15,16)8-3-1-2-7(4-8)5-10-11(18)17-9(6-21-10)12(19)20/h1-4,9-10H,5-6H2,(H,17,18)(H,19,20). The van der Waals surface area contributed by atoms with E-state index in [2.05, 4.69) is 5.32 Å². The Morgan fingerprint density at radius 2 is 2.14 bits per heavy atom. The Morgan fingerprint density at radius 3 is 2.71 bits per heavy atom. The van der Waals surface area contributed by atoms with Gasteiger partial charge in [0.1, 0.15) is 6.04 Å². The van der Waals surface area contributed by atoms with E-state index in [1.165, 1.54) is 12.1 Å². The number of benzene rings is 1. The molecule has 2 atom stereocenters. The Kier molecular flexibility index (Phi) is 4.46. The van der Waals surface area contributed by atoms with E-state index >= 15 is 0 Å². The number of carbonyl (C=O) groups excluding carboxylic acids is 1. The molecule has 0 aliphatic carbocycles. The second kappa shape index (κ2) is 5.97. The van der Waals surface area contributed by atoms with Crippen molar-refractivity contribution in [3.63, 3.8) is 0 Å². The largest absolute Gasteiger partial charge is 0.480 e. The second-order valence-corrected chi connectivity index (χ2v) is 5.86. The van der Waals surface area contributed by atoms with Crippen LogP contribution in [0.3, 0.4) is 0 Å². The maximum atomic E-state index is 12.6. The summed E-state index contributed by atoms with van der Waals surface area (Å²) in [6.07, 6.45) is -4.29. The third-order valence-corrected chi connectivity index (χ3v) is 4.36. The van der Waals surface area contributed by atoms with E-state index in [0.29, 0.717) is 5.56 Å². The highest BCUT2D eigenvalue weighted by atomic mass is 32.2. The Bertz CT molecular complexity index is 562. The fourth-order valence-corrected chi connectivity index (χ4v) is 3.15. The first kappa shape index (κ1) is 15.7. The fourth-order valence-electron chi connectivity index (χ4n) is 1.97. The molecule has 114 valence electrons. The molecule has 0 aromatic heterocycles. The van der Waals surface area contributed by atoms with E-state index in [-0.39, 0.29) is 12.2 Å². The minimum absolute atomic E-state index is 0.132. The number of hydrogen-bond donors (Lipinski definition) is 2. The molecule has 2 rings (SSSR count). The topological polar surface area (TPSA) is 66.4 Å². The van der Waals surface area contributed by atoms with E-state index in [9.17, 15) is 22.8 Å². The highest BCUT2D eigenvalue weighted by Gasteiger charge is 2.33. The number of carbonyl (C=O) groups is 2. The summed E-state index contributed by atoms with van der Waals surface area (Å²) in [5.41, 5.74) is -0.365. The van der Waals surface area contributed by atoms with Crippen molar-refractivity contribution in [2.45, 2.75) is 23.9 Å². The number of alkyl halides is 3. The minimum atomic E-state index is -4.42. The van der Waals surface area contributed by atoms with Crippen LogP contribution in [0.5, 0.6) is 0 Å². The number of rotatable bonds is 3. The molecule has 1 fully saturated rings. The van der Waals surface area contributed by atoms with Crippen LogP contribution in [0.1, 0.15) is 11.1 Å². The Labute approximate surface area is 122 Å². The first-order chi connectivity index (χ1) is 9.77. The molecule has 2 N–H and O–H groups in total. The molecule has 1 aromatic rings. The molecule has 0 spiro atoms. The smallest absolute Gasteiger partial charge is 0.416 e. The summed E-state index contributed by atoms with van der Waals surface area (Å²) in [5, 5.41) is 10.6. The van der Waals surface area contributed by atoms with Crippen molar-refractivity contribution in [3.05, 3.63) is 35.4 Å². The molecule has 0 saturated carbocycles. The van der Waals surface area contributed by atoms with Crippen molar-refractivity contribution < 1.29 is 27.9 Å². The molecular formula is C13H12F3NO3S. The lowest BCUT2D eigenvalue weighted by Gasteiger charge is -2.26. The number of nitrogens with one attached hydrogen (secondary N) is 1. The van der Waals surface area contributed by atoms with Crippen LogP contribution in [-0.2, 0) is 22.2 Å². The predicted molar refractivity (Wildman–Crippen MR) is 71.0 cm³/mol. The number of aliphatic carboxylic acids is 1. The zero-order valence-electron chi connectivity index (χ0n) is 10.7. The van der Waals surface area contributed by atoms with E-state index in [4.69, 9.17) is 5.11 Å². The first-order valence-corrected chi connectivity index (χ1v) is 7.13. The van der Waals surface area contributed by atoms with Crippen LogP contribution in [0.2, 0.25) is 0 Å². The van der Waals surface area contributed by atoms with Crippen molar-refractivity contribution in [1.29, 1.82) is 0 Å². The summed E-state index contributed by atoms with van der Waals surface area (Å²) in [4.78, 5) is 22.5. The maximum Gasteiger partial charge on any atom is 0.416 e. The highest BCUT2D eigenvalue weighted by Crippen LogP contribution is 2.30. The summed E-state index contributed by atoms with van der Waals surface area (Å²) >= 11 is 1.14. The van der Waals surface area contributed by atoms with Gasteiger partial charge in [0.15, 0.2) is 0 Å². The molecule has 4 nitrogen and oxygen atoms in total. The highest BCUT2D eigenvalue weighted by molar-refractivity contribution is 8.00. The van der Waals surface area contributed by atoms with Gasteiger partial charge in [-0.15, -0.1) is 11.8 Å². The third kappa shape index (κ3) is 3.90. The van der Waals surface area contributed by atoms with Gasteiger partial charge in [-0.2, -0.15) is 13.2 Å². The molecule has 1 saturated heterocycles. The summed E-state index contributed by atoms with van der Waals surface area (Å²) < 4.78 is 37.8. The molecule has 2 unspecified atom stereocenters. The average molecular weight is 319 g/mol. The Balaban J connectivity index is 2.06. The maximum absolute atomic E-state index is 12.6. The zero-order chi connectivity index (χ0) is 15.6. The fraction of sp³-hybridized carbons (Fsp3) is 0.385. The summed E-state index contributed by atoms with van der Waals surface area (Å²) in [7, 11) is 0. The van der Waals surface area contributed by atoms with Gasteiger partial charge in [0.25, 0.3) is 0 Å². The molecule has 1 aromatic carbocycles. The zero-order valence-corrected chi connectivity index (χ0v) is 11.5. The van der Waals surface area contributed by atoms with Gasteiger partial charge in [-0.3, -0.25) is 4.79 Å². The number of carboxylic acids is 1. The molecule has 0 radical (unpaired) electrons. The molecule has 1 heterocycles. The van der Waals surface area contributed by atoms with Crippen LogP contribution in [0.4, 0.5) is 13.2 Å². The van der Waals surface area contributed by atoms with Gasteiger partial charge in [0, 0.05) is 5.75 Å². The predicted octanol–water partition coefficient (Wildman–Crippen LogP) is 1.93. The van der Waals surface area contributed by atoms with Crippen LogP contribution in [0, 0.1) is 0 Å². The van der Waals surface area contributed by atoms with E-state index in [1.807, 2.05) is 0 Å². The normalized spacial score (nSPS) is 22.7. The Morgan fingerprint density at radius 1 is 1.43 bits per heavy atom. The summed E-state index contributed by atoms with van der Waals surface area (Å²) in [6, 6.07) is 3.85. The average Bonchev–Trinajstić information content (AvgIpc) is 2.40. The van der Waals surface area contributed by atoms with Gasteiger partial charge in [-0.1, -0.05) is 18.2 Å². The summed E-state index contributed by atoms with van der Waals surface area (Å²) in [6.45, 7) is 0. The SMILES string of the molecule is O=C(O)C1CSC(Cc2cccc(C(F)(F)F)c2)C(=O)N1. The van der Waals surface area contributed by atoms with Crippen molar-refractivity contribution >= 4 is 23.6 Å². The van der Waals surface area contributed by atoms with Crippen molar-refractivity contribution in [2.75, 3.05) is 5.75 Å². The number of hydrogen-bond acceptors (Lipinski definition) is 3. The monoisotopic (exact) mass is 319 g/mol. The van der Waals surface area contributed by atoms with Crippen LogP contribution < -0.4 is 5.32 Å². The molecular weight excluding hydrogens is 307 g/mol. The van der Waals surface area contributed by atoms with Crippen LogP contribution in [-0.4, -0.2) is 34.0 Å². The third-order valence-electron chi connectivity index (χ3n) is 3.05. The van der Waals surface area contributed by atoms with Crippen molar-refractivity contribution in [1.82, 2.24) is 5.32 Å². The van der Waals surface area contributed by atoms with Gasteiger partial charge in [-0.05, 0) is 18.1 Å². The van der Waals surface area contributed by atoms with Gasteiger partial charge in [0.05, 0.1) is 10.8 Å². The van der Waals surface area contributed by atoms with Gasteiger partial charge >= 0.3 is 12.1 Å². The first-order valence-electron chi connectivity index (χ1n) is 6.08. The van der Waals surface area contributed by atoms with Gasteiger partial charge in [-0.25, -0.2) is 4.79 Å². The number of amides is 1. The Hall–Kier alpha value is -1.70. The molecule has 1 aliphatic rings. The number of carboxylic acid groups (broad SMARTS) is 1. The van der Waals surface area contributed by atoms with Gasteiger partial charge < -0.3 is 10.4 Å². The lowest BCUT2D eigenvalue weighted by molar-refractivity contribution is -0.141. The lowest BCUT2D eigenvalue weighted by atomic mass is 10.1. The van der Waals surface area contributed by atoms with Crippen LogP contribution in [0.25, 0.3) is 0 Å². The molecule has 0 bridgehead atoms. The van der Waals surface area contributed by atoms with E-state index in [0.717, 1.165) is 23.9 Å². The van der Waals surface area contributed by atoms with Gasteiger partial charge in [0.2, 0.25) is 5.91 Å². The lowest BCUT2D eigenvalue weighted by Crippen LogP contribution is -2.51. The molecule has 1 amide bonds. The molecule has 21 heavy (non-hydrogen) atoms. The van der Waals surface area contributed by atoms with Crippen LogP contribution >= 0.6 is 11.8 Å². The quantitative estimate of drug-likeness (QED) is 0.893. The second-order valence-electron chi connectivity index (χ2n) is 4.62. The minimum Gasteiger partial charge on any atom is -0.480 e. The number of halogens is 3. The summed E-state index contributed by atoms with van der Waals surface area (Å²) in [5.74, 6) is -1.38. The van der Waals surface area contributed by atoms with E-state index < -0.39 is 34.9 Å². The van der Waals surface area contributed by atoms with Crippen molar-refractivity contribution in [3.8, 4) is 0 Å². The molecule has 8 heteroatoms.